The molecular formula is C19H20FNO2. The summed E-state index contributed by atoms with van der Waals surface area (Å²) in [6.45, 7) is 0. The molecule has 23 heavy (non-hydrogen) atoms. The number of aryl methyl sites for hydroxylation is 1. The maximum atomic E-state index is 13.7. The molecule has 0 aliphatic heterocycles. The van der Waals surface area contributed by atoms with Crippen LogP contribution in [-0.2, 0) is 17.6 Å². The van der Waals surface area contributed by atoms with E-state index in [2.05, 4.69) is 5.32 Å². The topological polar surface area (TPSA) is 38.3 Å². The Morgan fingerprint density at radius 2 is 2.13 bits per heavy atom. The summed E-state index contributed by atoms with van der Waals surface area (Å²) in [5.74, 6) is 0.349. The normalized spacial score (nSPS) is 16.5. The van der Waals surface area contributed by atoms with Crippen molar-refractivity contribution in [3.63, 3.8) is 0 Å². The highest BCUT2D eigenvalue weighted by molar-refractivity contribution is 5.79. The van der Waals surface area contributed by atoms with Gasteiger partial charge in [0.1, 0.15) is 11.6 Å². The SMILES string of the molecule is COc1ccc2c(c1)CCCC2NC(=O)Cc1ccccc1F. The molecule has 0 saturated carbocycles. The van der Waals surface area contributed by atoms with Crippen LogP contribution in [0.4, 0.5) is 4.39 Å². The zero-order valence-corrected chi connectivity index (χ0v) is 13.1. The van der Waals surface area contributed by atoms with Gasteiger partial charge in [-0.1, -0.05) is 24.3 Å². The van der Waals surface area contributed by atoms with Crippen LogP contribution in [0.3, 0.4) is 0 Å². The molecule has 0 spiro atoms. The third-order valence-electron chi connectivity index (χ3n) is 4.31. The highest BCUT2D eigenvalue weighted by Gasteiger charge is 2.22. The Labute approximate surface area is 135 Å². The van der Waals surface area contributed by atoms with E-state index in [-0.39, 0.29) is 24.2 Å². The van der Waals surface area contributed by atoms with Gasteiger partial charge >= 0.3 is 0 Å². The minimum absolute atomic E-state index is 0.0103. The van der Waals surface area contributed by atoms with E-state index in [9.17, 15) is 9.18 Å². The highest BCUT2D eigenvalue weighted by Crippen LogP contribution is 2.32. The summed E-state index contributed by atoms with van der Waals surface area (Å²) in [4.78, 5) is 12.3. The summed E-state index contributed by atoms with van der Waals surface area (Å²) >= 11 is 0. The van der Waals surface area contributed by atoms with E-state index in [1.807, 2.05) is 18.2 Å². The number of benzene rings is 2. The Morgan fingerprint density at radius 3 is 2.91 bits per heavy atom. The van der Waals surface area contributed by atoms with Gasteiger partial charge in [0, 0.05) is 0 Å². The van der Waals surface area contributed by atoms with Crippen molar-refractivity contribution in [1.82, 2.24) is 5.32 Å². The van der Waals surface area contributed by atoms with Gasteiger partial charge in [0.05, 0.1) is 19.6 Å². The van der Waals surface area contributed by atoms with E-state index in [0.717, 1.165) is 30.6 Å². The zero-order valence-electron chi connectivity index (χ0n) is 13.1. The van der Waals surface area contributed by atoms with Gasteiger partial charge in [-0.25, -0.2) is 4.39 Å². The summed E-state index contributed by atoms with van der Waals surface area (Å²) < 4.78 is 18.9. The van der Waals surface area contributed by atoms with Crippen LogP contribution >= 0.6 is 0 Å². The van der Waals surface area contributed by atoms with Crippen LogP contribution in [0.25, 0.3) is 0 Å². The van der Waals surface area contributed by atoms with Crippen LogP contribution in [0.15, 0.2) is 42.5 Å². The monoisotopic (exact) mass is 313 g/mol. The number of carbonyl (C=O) groups is 1. The summed E-state index contributed by atoms with van der Waals surface area (Å²) in [7, 11) is 1.65. The Bertz CT molecular complexity index is 714. The lowest BCUT2D eigenvalue weighted by molar-refractivity contribution is -0.121. The first kappa shape index (κ1) is 15.5. The molecule has 0 heterocycles. The molecule has 1 amide bonds. The maximum absolute atomic E-state index is 13.7. The second kappa shape index (κ2) is 6.82. The number of ether oxygens (including phenoxy) is 1. The van der Waals surface area contributed by atoms with Gasteiger partial charge in [-0.3, -0.25) is 4.79 Å². The molecule has 120 valence electrons. The van der Waals surface area contributed by atoms with Gasteiger partial charge in [0.15, 0.2) is 0 Å². The van der Waals surface area contributed by atoms with Gasteiger partial charge in [-0.05, 0) is 54.2 Å². The molecule has 1 atom stereocenters. The highest BCUT2D eigenvalue weighted by atomic mass is 19.1. The summed E-state index contributed by atoms with van der Waals surface area (Å²) in [5, 5.41) is 3.04. The number of amides is 1. The van der Waals surface area contributed by atoms with Gasteiger partial charge in [0.2, 0.25) is 5.91 Å². The van der Waals surface area contributed by atoms with Crippen molar-refractivity contribution in [1.29, 1.82) is 0 Å². The second-order valence-electron chi connectivity index (χ2n) is 5.85. The van der Waals surface area contributed by atoms with Crippen LogP contribution < -0.4 is 10.1 Å². The van der Waals surface area contributed by atoms with E-state index >= 15 is 0 Å². The minimum Gasteiger partial charge on any atom is -0.497 e. The van der Waals surface area contributed by atoms with Crippen molar-refractivity contribution < 1.29 is 13.9 Å². The molecule has 1 aliphatic rings. The lowest BCUT2D eigenvalue weighted by Gasteiger charge is -2.27. The first-order valence-corrected chi connectivity index (χ1v) is 7.87. The zero-order chi connectivity index (χ0) is 16.2. The van der Waals surface area contributed by atoms with Crippen LogP contribution in [-0.4, -0.2) is 13.0 Å². The minimum atomic E-state index is -0.337. The fraction of sp³-hybridized carbons (Fsp3) is 0.316. The van der Waals surface area contributed by atoms with Gasteiger partial charge < -0.3 is 10.1 Å². The second-order valence-corrected chi connectivity index (χ2v) is 5.85. The van der Waals surface area contributed by atoms with Gasteiger partial charge in [-0.2, -0.15) is 0 Å². The fourth-order valence-electron chi connectivity index (χ4n) is 3.13. The van der Waals surface area contributed by atoms with E-state index in [0.29, 0.717) is 5.56 Å². The molecule has 1 aliphatic carbocycles. The molecule has 1 unspecified atom stereocenters. The molecular weight excluding hydrogens is 293 g/mol. The van der Waals surface area contributed by atoms with Crippen molar-refractivity contribution in [3.05, 3.63) is 65.0 Å². The van der Waals surface area contributed by atoms with E-state index in [1.165, 1.54) is 11.6 Å². The molecule has 2 aromatic rings. The number of hydrogen-bond acceptors (Lipinski definition) is 2. The van der Waals surface area contributed by atoms with Crippen LogP contribution in [0, 0.1) is 5.82 Å². The molecule has 0 saturated heterocycles. The number of nitrogens with one attached hydrogen (secondary N) is 1. The lowest BCUT2D eigenvalue weighted by atomic mass is 9.87. The maximum Gasteiger partial charge on any atom is 0.225 e. The molecule has 0 bridgehead atoms. The number of fused-ring (bicyclic) bond motifs is 1. The molecule has 4 heteroatoms. The molecule has 0 aromatic heterocycles. The average molecular weight is 313 g/mol. The van der Waals surface area contributed by atoms with Crippen molar-refractivity contribution in [2.75, 3.05) is 7.11 Å². The largest absolute Gasteiger partial charge is 0.497 e. The Morgan fingerprint density at radius 1 is 1.30 bits per heavy atom. The third-order valence-corrected chi connectivity index (χ3v) is 4.31. The number of hydrogen-bond donors (Lipinski definition) is 1. The standard InChI is InChI=1S/C19H20FNO2/c1-23-15-9-10-16-13(11-15)6-4-8-18(16)21-19(22)12-14-5-2-3-7-17(14)20/h2-3,5,7,9-11,18H,4,6,8,12H2,1H3,(H,21,22). The Kier molecular flexibility index (Phi) is 4.60. The fourth-order valence-corrected chi connectivity index (χ4v) is 3.13. The van der Waals surface area contributed by atoms with Gasteiger partial charge in [-0.15, -0.1) is 0 Å². The summed E-state index contributed by atoms with van der Waals surface area (Å²) in [6.07, 6.45) is 2.98. The molecule has 1 N–H and O–H groups in total. The number of halogens is 1. The molecule has 0 fully saturated rings. The predicted octanol–water partition coefficient (Wildman–Crippen LogP) is 3.57. The molecule has 3 nitrogen and oxygen atoms in total. The first-order chi connectivity index (χ1) is 11.2. The van der Waals surface area contributed by atoms with Crippen molar-refractivity contribution in [3.8, 4) is 5.75 Å². The quantitative estimate of drug-likeness (QED) is 0.937. The van der Waals surface area contributed by atoms with E-state index in [4.69, 9.17) is 4.74 Å². The summed E-state index contributed by atoms with van der Waals surface area (Å²) in [5.41, 5.74) is 2.78. The number of methoxy groups -OCH3 is 1. The Balaban J connectivity index is 1.72. The molecule has 2 aromatic carbocycles. The van der Waals surface area contributed by atoms with E-state index in [1.54, 1.807) is 25.3 Å². The third kappa shape index (κ3) is 3.52. The molecule has 3 rings (SSSR count). The average Bonchev–Trinajstić information content (AvgIpc) is 2.56. The van der Waals surface area contributed by atoms with Crippen molar-refractivity contribution in [2.24, 2.45) is 0 Å². The molecule has 0 radical (unpaired) electrons. The smallest absolute Gasteiger partial charge is 0.225 e. The van der Waals surface area contributed by atoms with Crippen LogP contribution in [0.2, 0.25) is 0 Å². The van der Waals surface area contributed by atoms with Crippen molar-refractivity contribution in [2.45, 2.75) is 31.7 Å². The predicted molar refractivity (Wildman–Crippen MR) is 86.9 cm³/mol. The first-order valence-electron chi connectivity index (χ1n) is 7.87. The van der Waals surface area contributed by atoms with Crippen LogP contribution in [0.1, 0.15) is 35.6 Å². The lowest BCUT2D eigenvalue weighted by Crippen LogP contribution is -2.32. The Hall–Kier alpha value is -2.36. The number of rotatable bonds is 4. The number of carbonyl (C=O) groups excluding carboxylic acids is 1. The van der Waals surface area contributed by atoms with E-state index < -0.39 is 0 Å². The van der Waals surface area contributed by atoms with Crippen LogP contribution in [0.5, 0.6) is 5.75 Å². The van der Waals surface area contributed by atoms with Gasteiger partial charge in [0.25, 0.3) is 0 Å². The summed E-state index contributed by atoms with van der Waals surface area (Å²) in [6, 6.07) is 12.4. The van der Waals surface area contributed by atoms with Crippen molar-refractivity contribution >= 4 is 5.91 Å².